The molecule has 0 aliphatic heterocycles. The van der Waals surface area contributed by atoms with Crippen LogP contribution >= 0.6 is 0 Å². The number of nitrogens with zero attached hydrogens (tertiary/aromatic N) is 2. The number of para-hydroxylation sites is 1. The SMILES string of the molecule is O=C(O)CCCCc1nc2cc(C(=O)Nc3ccccc3)ccc2nc1-c1ccccc1. The van der Waals surface area contributed by atoms with Crippen molar-refractivity contribution in [1.29, 1.82) is 0 Å². The van der Waals surface area contributed by atoms with E-state index in [4.69, 9.17) is 15.1 Å². The fourth-order valence-corrected chi connectivity index (χ4v) is 3.53. The largest absolute Gasteiger partial charge is 0.481 e. The van der Waals surface area contributed by atoms with Gasteiger partial charge in [-0.05, 0) is 49.6 Å². The Bertz CT molecular complexity index is 1240. The second-order valence-electron chi connectivity index (χ2n) is 7.51. The molecule has 0 aliphatic rings. The first-order chi connectivity index (χ1) is 15.6. The number of nitrogens with one attached hydrogen (secondary N) is 1. The molecule has 0 unspecified atom stereocenters. The lowest BCUT2D eigenvalue weighted by Gasteiger charge is -2.11. The van der Waals surface area contributed by atoms with Crippen molar-refractivity contribution in [3.8, 4) is 11.3 Å². The Kier molecular flexibility index (Phi) is 6.51. The summed E-state index contributed by atoms with van der Waals surface area (Å²) in [6, 6.07) is 24.4. The van der Waals surface area contributed by atoms with Crippen LogP contribution in [0.1, 0.15) is 35.3 Å². The zero-order chi connectivity index (χ0) is 22.3. The summed E-state index contributed by atoms with van der Waals surface area (Å²) in [7, 11) is 0. The number of carbonyl (C=O) groups excluding carboxylic acids is 1. The second kappa shape index (κ2) is 9.83. The monoisotopic (exact) mass is 425 g/mol. The van der Waals surface area contributed by atoms with Crippen LogP contribution in [0.4, 0.5) is 5.69 Å². The van der Waals surface area contributed by atoms with Crippen molar-refractivity contribution in [3.05, 3.63) is 90.1 Å². The van der Waals surface area contributed by atoms with Gasteiger partial charge >= 0.3 is 5.97 Å². The van der Waals surface area contributed by atoms with Gasteiger partial charge in [-0.2, -0.15) is 0 Å². The van der Waals surface area contributed by atoms with Gasteiger partial charge in [0.1, 0.15) is 0 Å². The summed E-state index contributed by atoms with van der Waals surface area (Å²) in [6.07, 6.45) is 2.01. The minimum atomic E-state index is -0.799. The summed E-state index contributed by atoms with van der Waals surface area (Å²) in [5.41, 5.74) is 5.11. The third-order valence-corrected chi connectivity index (χ3v) is 5.13. The predicted molar refractivity (Wildman–Crippen MR) is 125 cm³/mol. The van der Waals surface area contributed by atoms with Crippen LogP contribution < -0.4 is 5.32 Å². The van der Waals surface area contributed by atoms with E-state index in [1.165, 1.54) is 0 Å². The first-order valence-electron chi connectivity index (χ1n) is 10.5. The lowest BCUT2D eigenvalue weighted by Crippen LogP contribution is -2.12. The maximum absolute atomic E-state index is 12.7. The summed E-state index contributed by atoms with van der Waals surface area (Å²) in [5, 5.41) is 11.8. The number of aryl methyl sites for hydroxylation is 1. The minimum absolute atomic E-state index is 0.130. The highest BCUT2D eigenvalue weighted by Crippen LogP contribution is 2.25. The topological polar surface area (TPSA) is 92.2 Å². The van der Waals surface area contributed by atoms with Crippen molar-refractivity contribution in [2.75, 3.05) is 5.32 Å². The number of amides is 1. The van der Waals surface area contributed by atoms with E-state index < -0.39 is 5.97 Å². The summed E-state index contributed by atoms with van der Waals surface area (Å²) < 4.78 is 0. The fraction of sp³-hybridized carbons (Fsp3) is 0.154. The zero-order valence-corrected chi connectivity index (χ0v) is 17.5. The number of unbranched alkanes of at least 4 members (excludes halogenated alkanes) is 1. The van der Waals surface area contributed by atoms with Crippen LogP contribution in [0.15, 0.2) is 78.9 Å². The fourth-order valence-electron chi connectivity index (χ4n) is 3.53. The summed E-state index contributed by atoms with van der Waals surface area (Å²) in [4.78, 5) is 33.2. The number of hydrogen-bond donors (Lipinski definition) is 2. The van der Waals surface area contributed by atoms with Gasteiger partial charge in [0.05, 0.1) is 22.4 Å². The van der Waals surface area contributed by atoms with Gasteiger partial charge in [0.25, 0.3) is 5.91 Å². The Balaban J connectivity index is 1.66. The highest BCUT2D eigenvalue weighted by Gasteiger charge is 2.14. The number of rotatable bonds is 8. The number of carboxylic acids is 1. The molecule has 32 heavy (non-hydrogen) atoms. The van der Waals surface area contributed by atoms with E-state index >= 15 is 0 Å². The lowest BCUT2D eigenvalue weighted by atomic mass is 10.0. The molecule has 0 aliphatic carbocycles. The van der Waals surface area contributed by atoms with Crippen molar-refractivity contribution in [2.45, 2.75) is 25.7 Å². The standard InChI is InChI=1S/C26H23N3O3/c30-24(31)14-8-7-13-22-25(18-9-3-1-4-10-18)29-21-16-15-19(17-23(21)28-22)26(32)27-20-11-5-2-6-12-20/h1-6,9-12,15-17H,7-8,13-14H2,(H,27,32)(H,30,31). The van der Waals surface area contributed by atoms with Gasteiger partial charge in [-0.3, -0.25) is 9.59 Å². The molecular weight excluding hydrogens is 402 g/mol. The van der Waals surface area contributed by atoms with E-state index in [9.17, 15) is 9.59 Å². The Morgan fingerprint density at radius 3 is 2.25 bits per heavy atom. The molecule has 1 heterocycles. The van der Waals surface area contributed by atoms with Crippen molar-refractivity contribution in [1.82, 2.24) is 9.97 Å². The molecule has 4 aromatic rings. The Hall–Kier alpha value is -4.06. The Morgan fingerprint density at radius 1 is 0.812 bits per heavy atom. The quantitative estimate of drug-likeness (QED) is 0.372. The van der Waals surface area contributed by atoms with Crippen molar-refractivity contribution < 1.29 is 14.7 Å². The van der Waals surface area contributed by atoms with Gasteiger partial charge in [0, 0.05) is 23.2 Å². The lowest BCUT2D eigenvalue weighted by molar-refractivity contribution is -0.137. The molecule has 0 atom stereocenters. The van der Waals surface area contributed by atoms with E-state index in [1.54, 1.807) is 12.1 Å². The van der Waals surface area contributed by atoms with E-state index in [0.717, 1.165) is 22.6 Å². The molecule has 1 aromatic heterocycles. The van der Waals surface area contributed by atoms with Crippen molar-refractivity contribution in [3.63, 3.8) is 0 Å². The molecule has 0 saturated carbocycles. The number of benzene rings is 3. The number of carbonyl (C=O) groups is 2. The Morgan fingerprint density at radius 2 is 1.53 bits per heavy atom. The highest BCUT2D eigenvalue weighted by atomic mass is 16.4. The molecule has 0 bridgehead atoms. The van der Waals surface area contributed by atoms with E-state index in [2.05, 4.69) is 5.32 Å². The predicted octanol–water partition coefficient (Wildman–Crippen LogP) is 5.35. The molecule has 3 aromatic carbocycles. The first kappa shape index (κ1) is 21.2. The van der Waals surface area contributed by atoms with Gasteiger partial charge in [0.15, 0.2) is 0 Å². The van der Waals surface area contributed by atoms with E-state index in [1.807, 2.05) is 66.7 Å². The number of anilines is 1. The number of aromatic nitrogens is 2. The molecule has 4 rings (SSSR count). The molecule has 160 valence electrons. The number of carboxylic acid groups (broad SMARTS) is 1. The third-order valence-electron chi connectivity index (χ3n) is 5.13. The van der Waals surface area contributed by atoms with Crippen LogP contribution in [-0.2, 0) is 11.2 Å². The van der Waals surface area contributed by atoms with Crippen molar-refractivity contribution in [2.24, 2.45) is 0 Å². The third kappa shape index (κ3) is 5.16. The summed E-state index contributed by atoms with van der Waals surface area (Å²) in [5.74, 6) is -1.01. The summed E-state index contributed by atoms with van der Waals surface area (Å²) >= 11 is 0. The van der Waals surface area contributed by atoms with E-state index in [-0.39, 0.29) is 12.3 Å². The van der Waals surface area contributed by atoms with E-state index in [0.29, 0.717) is 35.9 Å². The number of aliphatic carboxylic acids is 1. The average molecular weight is 425 g/mol. The van der Waals surface area contributed by atoms with Crippen molar-refractivity contribution >= 4 is 28.6 Å². The molecule has 0 fully saturated rings. The van der Waals surface area contributed by atoms with Gasteiger partial charge in [0.2, 0.25) is 0 Å². The highest BCUT2D eigenvalue weighted by molar-refractivity contribution is 6.05. The number of hydrogen-bond acceptors (Lipinski definition) is 4. The molecule has 0 saturated heterocycles. The molecule has 2 N–H and O–H groups in total. The van der Waals surface area contributed by atoms with Gasteiger partial charge in [-0.15, -0.1) is 0 Å². The first-order valence-corrected chi connectivity index (χ1v) is 10.5. The van der Waals surface area contributed by atoms with Gasteiger partial charge in [-0.1, -0.05) is 48.5 Å². The summed E-state index contributed by atoms with van der Waals surface area (Å²) in [6.45, 7) is 0. The van der Waals surface area contributed by atoms with Crippen LogP contribution in [0.5, 0.6) is 0 Å². The second-order valence-corrected chi connectivity index (χ2v) is 7.51. The van der Waals surface area contributed by atoms with Crippen LogP contribution in [0.25, 0.3) is 22.3 Å². The minimum Gasteiger partial charge on any atom is -0.481 e. The molecule has 0 spiro atoms. The average Bonchev–Trinajstić information content (AvgIpc) is 2.82. The molecule has 1 amide bonds. The molecule has 6 heteroatoms. The molecular formula is C26H23N3O3. The zero-order valence-electron chi connectivity index (χ0n) is 17.5. The number of fused-ring (bicyclic) bond motifs is 1. The Labute approximate surface area is 186 Å². The van der Waals surface area contributed by atoms with Crippen LogP contribution in [0, 0.1) is 0 Å². The molecule has 0 radical (unpaired) electrons. The van der Waals surface area contributed by atoms with Gasteiger partial charge in [-0.25, -0.2) is 9.97 Å². The van der Waals surface area contributed by atoms with Gasteiger partial charge < -0.3 is 10.4 Å². The smallest absolute Gasteiger partial charge is 0.303 e. The van der Waals surface area contributed by atoms with Crippen LogP contribution in [0.2, 0.25) is 0 Å². The normalized spacial score (nSPS) is 10.8. The molecule has 6 nitrogen and oxygen atoms in total. The maximum atomic E-state index is 12.7. The maximum Gasteiger partial charge on any atom is 0.303 e. The van der Waals surface area contributed by atoms with Crippen LogP contribution in [0.3, 0.4) is 0 Å². The van der Waals surface area contributed by atoms with Crippen LogP contribution in [-0.4, -0.2) is 27.0 Å².